The number of aliphatic hydroxyl groups is 5. The average Bonchev–Trinajstić information content (AvgIpc) is 3.95. The smallest absolute Gasteiger partial charge is 0.414 e. The maximum absolute atomic E-state index is 14.5. The van der Waals surface area contributed by atoms with Crippen molar-refractivity contribution < 1.29 is 77.1 Å². The second kappa shape index (κ2) is 24.4. The normalized spacial score (nSPS) is 40.4. The highest BCUT2D eigenvalue weighted by Gasteiger charge is 2.53. The van der Waals surface area contributed by atoms with E-state index < -0.39 is 132 Å². The van der Waals surface area contributed by atoms with Crippen LogP contribution >= 0.6 is 0 Å². The van der Waals surface area contributed by atoms with Gasteiger partial charge in [-0.15, -0.1) is 5.10 Å². The van der Waals surface area contributed by atoms with Crippen LogP contribution in [0.3, 0.4) is 0 Å². The Morgan fingerprint density at radius 1 is 0.932 bits per heavy atom. The van der Waals surface area contributed by atoms with Crippen LogP contribution in [0.15, 0.2) is 24.4 Å². The number of halogens is 2. The molecule has 0 radical (unpaired) electrons. The van der Waals surface area contributed by atoms with Crippen molar-refractivity contribution in [1.29, 1.82) is 0 Å². The van der Waals surface area contributed by atoms with Crippen LogP contribution in [0, 0.1) is 29.4 Å². The molecule has 6 rings (SSSR count). The lowest BCUT2D eigenvalue weighted by Crippen LogP contribution is -2.60. The van der Waals surface area contributed by atoms with Gasteiger partial charge in [0.1, 0.15) is 36.1 Å². The highest BCUT2D eigenvalue weighted by molar-refractivity contribution is 5.89. The largest absolute Gasteiger partial charge is 0.459 e. The van der Waals surface area contributed by atoms with Crippen molar-refractivity contribution >= 4 is 17.7 Å². The van der Waals surface area contributed by atoms with Crippen LogP contribution in [0.5, 0.6) is 0 Å². The molecule has 0 aliphatic carbocycles. The lowest BCUT2D eigenvalue weighted by atomic mass is 9.77. The van der Waals surface area contributed by atoms with Crippen molar-refractivity contribution in [3.05, 3.63) is 41.7 Å². The molecule has 19 atom stereocenters. The third kappa shape index (κ3) is 13.6. The van der Waals surface area contributed by atoms with Crippen molar-refractivity contribution in [2.24, 2.45) is 17.8 Å². The van der Waals surface area contributed by atoms with Gasteiger partial charge in [0.05, 0.1) is 66.0 Å². The van der Waals surface area contributed by atoms with Gasteiger partial charge in [0, 0.05) is 50.3 Å². The van der Waals surface area contributed by atoms with E-state index in [4.69, 9.17) is 33.2 Å². The number of carbonyl (C=O) groups excluding carboxylic acids is 2. The first-order valence-corrected chi connectivity index (χ1v) is 26.2. The number of hydrogen-bond acceptors (Lipinski definition) is 18. The second-order valence-electron chi connectivity index (χ2n) is 22.4. The van der Waals surface area contributed by atoms with Gasteiger partial charge < -0.3 is 68.5 Å². The van der Waals surface area contributed by atoms with E-state index in [2.05, 4.69) is 10.3 Å². The molecule has 4 aliphatic heterocycles. The van der Waals surface area contributed by atoms with E-state index in [0.717, 1.165) is 12.1 Å². The minimum atomic E-state index is -1.86. The third-order valence-electron chi connectivity index (χ3n) is 16.1. The van der Waals surface area contributed by atoms with Gasteiger partial charge >= 0.3 is 12.1 Å². The molecule has 22 heteroatoms. The number of ether oxygens (including phenoxy) is 7. The highest BCUT2D eigenvalue weighted by atomic mass is 19.2. The van der Waals surface area contributed by atoms with Gasteiger partial charge in [-0.25, -0.2) is 18.3 Å². The fraction of sp³-hybridized carbons (Fsp3) is 0.808. The zero-order valence-electron chi connectivity index (χ0n) is 45.5. The summed E-state index contributed by atoms with van der Waals surface area (Å²) in [7, 11) is 5.21. The predicted molar refractivity (Wildman–Crippen MR) is 265 cm³/mol. The van der Waals surface area contributed by atoms with E-state index in [1.165, 1.54) is 25.0 Å². The molecule has 0 spiro atoms. The van der Waals surface area contributed by atoms with Gasteiger partial charge in [-0.1, -0.05) is 26.0 Å². The fourth-order valence-corrected chi connectivity index (χ4v) is 11.6. The highest BCUT2D eigenvalue weighted by Crippen LogP contribution is 2.40. The number of esters is 1. The molecule has 1 aromatic carbocycles. The standard InChI is InChI=1S/C52H84F2N6O14/c1-14-40-52(10,67)44(62)32(6)58(12)24-28(2)22-50(8,66)46(30(4)43(31(5)47(64)72-40)73-41-23-51(9,68-13)45(63)33(7)70-41)74-48-42(61)39(20-29(3)69-48)57(11)19-15-16-34-25-59(56-55-34)26-36-27-60(49(65)71-36)35-17-18-37(53)38(54)21-35/h17-18,21,25,28-33,36,39-46,48,61-63,66-67H,14-16,19-20,22-24,26-27H2,1-13H3/t28-,29-,30+,31-,32-,33+,36+,39+,40-,41+,42-,43+,44-,45+,46-,48+,50-,51-,52-/m1/s1. The van der Waals surface area contributed by atoms with E-state index in [1.807, 2.05) is 37.7 Å². The molecule has 4 aliphatic rings. The topological polar surface area (TPSA) is 240 Å². The summed E-state index contributed by atoms with van der Waals surface area (Å²) in [5, 5.41) is 68.2. The van der Waals surface area contributed by atoms with Gasteiger partial charge in [0.2, 0.25) is 0 Å². The van der Waals surface area contributed by atoms with Crippen LogP contribution in [0.4, 0.5) is 19.3 Å². The number of benzene rings is 1. The van der Waals surface area contributed by atoms with Gasteiger partial charge in [0.15, 0.2) is 24.2 Å². The Hall–Kier alpha value is -3.52. The third-order valence-corrected chi connectivity index (χ3v) is 16.1. The van der Waals surface area contributed by atoms with E-state index in [-0.39, 0.29) is 44.0 Å². The van der Waals surface area contributed by atoms with Crippen molar-refractivity contribution in [3.63, 3.8) is 0 Å². The quantitative estimate of drug-likeness (QED) is 0.169. The molecular formula is C52H84F2N6O14. The molecule has 5 heterocycles. The van der Waals surface area contributed by atoms with E-state index >= 15 is 0 Å². The Kier molecular flexibility index (Phi) is 19.7. The number of nitrogens with zero attached hydrogens (tertiary/aromatic N) is 6. The lowest BCUT2D eigenvalue weighted by molar-refractivity contribution is -0.318. The minimum Gasteiger partial charge on any atom is -0.459 e. The monoisotopic (exact) mass is 1050 g/mol. The van der Waals surface area contributed by atoms with Crippen molar-refractivity contribution in [2.75, 3.05) is 45.7 Å². The molecule has 1 amide bonds. The Balaban J connectivity index is 1.20. The maximum Gasteiger partial charge on any atom is 0.414 e. The van der Waals surface area contributed by atoms with Gasteiger partial charge in [-0.2, -0.15) is 0 Å². The molecule has 20 nitrogen and oxygen atoms in total. The lowest BCUT2D eigenvalue weighted by Gasteiger charge is -2.49. The van der Waals surface area contributed by atoms with Crippen molar-refractivity contribution in [3.8, 4) is 0 Å². The van der Waals surface area contributed by atoms with E-state index in [1.54, 1.807) is 59.3 Å². The number of anilines is 1. The summed E-state index contributed by atoms with van der Waals surface area (Å²) in [4.78, 5) is 32.2. The first kappa shape index (κ1) is 59.7. The average molecular weight is 1060 g/mol. The summed E-state index contributed by atoms with van der Waals surface area (Å²) in [5.41, 5.74) is -3.72. The molecule has 5 N–H and O–H groups in total. The van der Waals surface area contributed by atoms with E-state index in [0.29, 0.717) is 38.0 Å². The zero-order valence-corrected chi connectivity index (χ0v) is 45.5. The number of aliphatic hydroxyl groups excluding tert-OH is 3. The van der Waals surface area contributed by atoms with Crippen LogP contribution in [-0.4, -0.2) is 200 Å². The maximum atomic E-state index is 14.5. The summed E-state index contributed by atoms with van der Waals surface area (Å²) >= 11 is 0. The number of aromatic nitrogens is 3. The molecule has 1 aromatic heterocycles. The number of carbonyl (C=O) groups is 2. The molecule has 74 heavy (non-hydrogen) atoms. The zero-order chi connectivity index (χ0) is 54.8. The van der Waals surface area contributed by atoms with Crippen LogP contribution in [0.25, 0.3) is 0 Å². The number of likely N-dealkylation sites (N-methyl/N-ethyl adjacent to an activating group) is 2. The predicted octanol–water partition coefficient (Wildman–Crippen LogP) is 3.80. The van der Waals surface area contributed by atoms with Crippen LogP contribution in [0.2, 0.25) is 0 Å². The van der Waals surface area contributed by atoms with Crippen LogP contribution in [0.1, 0.15) is 107 Å². The van der Waals surface area contributed by atoms with Gasteiger partial charge in [-0.05, 0) is 119 Å². The van der Waals surface area contributed by atoms with Crippen molar-refractivity contribution in [2.45, 2.75) is 211 Å². The Labute approximate surface area is 434 Å². The molecular weight excluding hydrogens is 971 g/mol. The second-order valence-corrected chi connectivity index (χ2v) is 22.4. The molecule has 420 valence electrons. The summed E-state index contributed by atoms with van der Waals surface area (Å²) in [6.07, 6.45) is -7.78. The number of amides is 1. The molecule has 4 saturated heterocycles. The van der Waals surface area contributed by atoms with Crippen LogP contribution in [-0.2, 0) is 50.9 Å². The molecule has 2 aromatic rings. The minimum absolute atomic E-state index is 0.0800. The molecule has 0 bridgehead atoms. The summed E-state index contributed by atoms with van der Waals surface area (Å²) in [5.74, 6) is -4.97. The van der Waals surface area contributed by atoms with E-state index in [9.17, 15) is 43.9 Å². The fourth-order valence-electron chi connectivity index (χ4n) is 11.6. The first-order valence-electron chi connectivity index (χ1n) is 26.2. The van der Waals surface area contributed by atoms with Gasteiger partial charge in [-0.3, -0.25) is 9.69 Å². The van der Waals surface area contributed by atoms with Crippen molar-refractivity contribution in [1.82, 2.24) is 24.8 Å². The summed E-state index contributed by atoms with van der Waals surface area (Å²) in [6, 6.07) is 2.17. The molecule has 0 unspecified atom stereocenters. The Bertz CT molecular complexity index is 2180. The number of hydrogen-bond donors (Lipinski definition) is 5. The summed E-state index contributed by atoms with van der Waals surface area (Å²) < 4.78 is 72.7. The SMILES string of the molecule is CC[C@H]1OC(=O)[C@H](C)[C@@H](O[C@H]2C[C@@](C)(OC)[C@@H](O)[C@H](C)O2)[C@H](C)[C@@H](O[C@@H]2O[C@H](C)C[C@H](N(C)CCCc3cn(C[C@H]4CN(c5ccc(F)c(F)c5)C(=O)O4)nn3)[C@H]2O)[C@](C)(O)C[C@@H](C)CN(C)[C@H](C)[C@@H](O)[C@]1(C)O. The number of aryl methyl sites for hydroxylation is 1. The van der Waals surface area contributed by atoms with Crippen LogP contribution < -0.4 is 4.90 Å². The number of cyclic esters (lactones) is 2. The Morgan fingerprint density at radius 3 is 2.30 bits per heavy atom. The molecule has 0 saturated carbocycles. The first-order chi connectivity index (χ1) is 34.6. The molecule has 4 fully saturated rings. The number of rotatable bonds is 14. The number of methoxy groups -OCH3 is 1. The summed E-state index contributed by atoms with van der Waals surface area (Å²) in [6.45, 7) is 18.6. The van der Waals surface area contributed by atoms with Gasteiger partial charge in [0.25, 0.3) is 0 Å². The Morgan fingerprint density at radius 2 is 1.64 bits per heavy atom.